The molecule has 1 fully saturated rings. The standard InChI is InChI=1S/C16H20ClN3O4S/c1-3-20-10-11(9-18-20)16-14(6-7-24-16)19-25(21,22)15-8-12(23-2)4-5-13(15)17/h4-5,8-10,14,16,19H,3,6-7H2,1-2H3/t14-,16+/m0/s1. The zero-order chi connectivity index (χ0) is 18.0. The molecule has 2 aromatic rings. The number of nitrogens with one attached hydrogen (secondary N) is 1. The molecule has 9 heteroatoms. The van der Waals surface area contributed by atoms with Crippen LogP contribution in [0.5, 0.6) is 5.75 Å². The topological polar surface area (TPSA) is 82.5 Å². The Kier molecular flexibility index (Phi) is 5.33. The fourth-order valence-corrected chi connectivity index (χ4v) is 4.60. The average Bonchev–Trinajstić information content (AvgIpc) is 3.23. The summed E-state index contributed by atoms with van der Waals surface area (Å²) in [6, 6.07) is 4.14. The van der Waals surface area contributed by atoms with E-state index in [4.69, 9.17) is 21.1 Å². The normalized spacial score (nSPS) is 20.8. The van der Waals surface area contributed by atoms with E-state index in [1.807, 2.05) is 13.1 Å². The Bertz CT molecular complexity index is 853. The smallest absolute Gasteiger partial charge is 0.242 e. The molecule has 0 saturated carbocycles. The third-order valence-corrected chi connectivity index (χ3v) is 6.10. The second kappa shape index (κ2) is 7.33. The van der Waals surface area contributed by atoms with Crippen molar-refractivity contribution < 1.29 is 17.9 Å². The highest BCUT2D eigenvalue weighted by molar-refractivity contribution is 7.89. The van der Waals surface area contributed by atoms with Crippen LogP contribution in [0.25, 0.3) is 0 Å². The second-order valence-electron chi connectivity index (χ2n) is 5.73. The van der Waals surface area contributed by atoms with E-state index in [2.05, 4.69) is 9.82 Å². The molecule has 136 valence electrons. The fourth-order valence-electron chi connectivity index (χ4n) is 2.82. The minimum atomic E-state index is -3.82. The van der Waals surface area contributed by atoms with Gasteiger partial charge < -0.3 is 9.47 Å². The van der Waals surface area contributed by atoms with Gasteiger partial charge in [0.1, 0.15) is 16.7 Å². The lowest BCUT2D eigenvalue weighted by Gasteiger charge is -2.19. The SMILES string of the molecule is CCn1cc([C@H]2OCC[C@@H]2NS(=O)(=O)c2cc(OC)ccc2Cl)cn1. The summed E-state index contributed by atoms with van der Waals surface area (Å²) in [6.45, 7) is 3.20. The summed E-state index contributed by atoms with van der Waals surface area (Å²) in [5, 5.41) is 4.37. The molecule has 0 unspecified atom stereocenters. The van der Waals surface area contributed by atoms with Gasteiger partial charge in [-0.1, -0.05) is 11.6 Å². The van der Waals surface area contributed by atoms with Gasteiger partial charge in [-0.15, -0.1) is 0 Å². The van der Waals surface area contributed by atoms with Crippen LogP contribution in [0.3, 0.4) is 0 Å². The van der Waals surface area contributed by atoms with Crippen LogP contribution in [-0.4, -0.2) is 38.0 Å². The molecule has 0 bridgehead atoms. The number of methoxy groups -OCH3 is 1. The van der Waals surface area contributed by atoms with Gasteiger partial charge >= 0.3 is 0 Å². The van der Waals surface area contributed by atoms with Crippen LogP contribution in [0, 0.1) is 0 Å². The van der Waals surface area contributed by atoms with Gasteiger partial charge in [-0.25, -0.2) is 13.1 Å². The van der Waals surface area contributed by atoms with Crippen molar-refractivity contribution in [1.82, 2.24) is 14.5 Å². The van der Waals surface area contributed by atoms with Crippen molar-refractivity contribution in [2.24, 2.45) is 0 Å². The van der Waals surface area contributed by atoms with Gasteiger partial charge in [-0.05, 0) is 25.5 Å². The molecule has 0 radical (unpaired) electrons. The second-order valence-corrected chi connectivity index (χ2v) is 7.82. The van der Waals surface area contributed by atoms with E-state index in [0.717, 1.165) is 12.1 Å². The number of hydrogen-bond donors (Lipinski definition) is 1. The number of nitrogens with zero attached hydrogens (tertiary/aromatic N) is 2. The first-order valence-corrected chi connectivity index (χ1v) is 9.80. The third kappa shape index (κ3) is 3.82. The van der Waals surface area contributed by atoms with Crippen molar-refractivity contribution in [2.75, 3.05) is 13.7 Å². The Morgan fingerprint density at radius 2 is 2.28 bits per heavy atom. The van der Waals surface area contributed by atoms with Gasteiger partial charge in [0.15, 0.2) is 0 Å². The molecule has 7 nitrogen and oxygen atoms in total. The number of ether oxygens (including phenoxy) is 2. The lowest BCUT2D eigenvalue weighted by molar-refractivity contribution is 0.102. The van der Waals surface area contributed by atoms with Crippen LogP contribution >= 0.6 is 11.6 Å². The summed E-state index contributed by atoms with van der Waals surface area (Å²) in [6.07, 6.45) is 3.78. The fraction of sp³-hybridized carbons (Fsp3) is 0.438. The molecule has 0 spiro atoms. The first kappa shape index (κ1) is 18.2. The number of aromatic nitrogens is 2. The minimum Gasteiger partial charge on any atom is -0.497 e. The molecule has 1 N–H and O–H groups in total. The molecule has 1 aromatic carbocycles. The molecular formula is C16H20ClN3O4S. The van der Waals surface area contributed by atoms with Gasteiger partial charge in [0.2, 0.25) is 10.0 Å². The molecule has 2 atom stereocenters. The summed E-state index contributed by atoms with van der Waals surface area (Å²) in [7, 11) is -2.34. The lowest BCUT2D eigenvalue weighted by Crippen LogP contribution is -2.36. The Hall–Kier alpha value is -1.61. The van der Waals surface area contributed by atoms with Crippen molar-refractivity contribution in [3.8, 4) is 5.75 Å². The Labute approximate surface area is 151 Å². The third-order valence-electron chi connectivity index (χ3n) is 4.13. The van der Waals surface area contributed by atoms with Crippen molar-refractivity contribution in [1.29, 1.82) is 0 Å². The van der Waals surface area contributed by atoms with E-state index in [0.29, 0.717) is 18.8 Å². The van der Waals surface area contributed by atoms with E-state index >= 15 is 0 Å². The molecule has 3 rings (SSSR count). The van der Waals surface area contributed by atoms with Crippen molar-refractivity contribution in [2.45, 2.75) is 36.9 Å². The highest BCUT2D eigenvalue weighted by atomic mass is 35.5. The average molecular weight is 386 g/mol. The van der Waals surface area contributed by atoms with E-state index in [9.17, 15) is 8.42 Å². The summed E-state index contributed by atoms with van der Waals surface area (Å²) in [5.74, 6) is 0.424. The predicted octanol–water partition coefficient (Wildman–Crippen LogP) is 2.37. The van der Waals surface area contributed by atoms with Crippen LogP contribution in [-0.2, 0) is 21.3 Å². The first-order valence-electron chi connectivity index (χ1n) is 7.94. The highest BCUT2D eigenvalue weighted by Crippen LogP contribution is 2.32. The van der Waals surface area contributed by atoms with Gasteiger partial charge in [0.05, 0.1) is 24.4 Å². The highest BCUT2D eigenvalue weighted by Gasteiger charge is 2.34. The van der Waals surface area contributed by atoms with E-state index < -0.39 is 10.0 Å². The van der Waals surface area contributed by atoms with Gasteiger partial charge in [-0.3, -0.25) is 4.68 Å². The zero-order valence-electron chi connectivity index (χ0n) is 14.0. The summed E-state index contributed by atoms with van der Waals surface area (Å²) < 4.78 is 40.9. The molecule has 1 aliphatic heterocycles. The maximum Gasteiger partial charge on any atom is 0.242 e. The van der Waals surface area contributed by atoms with Crippen LogP contribution in [0.4, 0.5) is 0 Å². The van der Waals surface area contributed by atoms with Crippen LogP contribution < -0.4 is 9.46 Å². The molecule has 1 saturated heterocycles. The van der Waals surface area contributed by atoms with Crippen molar-refractivity contribution >= 4 is 21.6 Å². The Balaban J connectivity index is 1.84. The molecule has 25 heavy (non-hydrogen) atoms. The van der Waals surface area contributed by atoms with Crippen LogP contribution in [0.1, 0.15) is 25.0 Å². The number of hydrogen-bond acceptors (Lipinski definition) is 5. The molecule has 2 heterocycles. The van der Waals surface area contributed by atoms with Gasteiger partial charge in [0.25, 0.3) is 0 Å². The maximum atomic E-state index is 12.8. The van der Waals surface area contributed by atoms with Gasteiger partial charge in [0, 0.05) is 31.0 Å². The lowest BCUT2D eigenvalue weighted by atomic mass is 10.1. The number of benzene rings is 1. The minimum absolute atomic E-state index is 0.0107. The summed E-state index contributed by atoms with van der Waals surface area (Å²) >= 11 is 6.08. The van der Waals surface area contributed by atoms with E-state index in [-0.39, 0.29) is 22.1 Å². The quantitative estimate of drug-likeness (QED) is 0.825. The molecular weight excluding hydrogens is 366 g/mol. The van der Waals surface area contributed by atoms with Crippen molar-refractivity contribution in [3.63, 3.8) is 0 Å². The Morgan fingerprint density at radius 3 is 2.96 bits per heavy atom. The van der Waals surface area contributed by atoms with Gasteiger partial charge in [-0.2, -0.15) is 5.10 Å². The predicted molar refractivity (Wildman–Crippen MR) is 93.3 cm³/mol. The van der Waals surface area contributed by atoms with Crippen LogP contribution in [0.15, 0.2) is 35.5 Å². The largest absolute Gasteiger partial charge is 0.497 e. The van der Waals surface area contributed by atoms with Crippen LogP contribution in [0.2, 0.25) is 5.02 Å². The van der Waals surface area contributed by atoms with E-state index in [1.54, 1.807) is 16.9 Å². The number of rotatable bonds is 6. The first-order chi connectivity index (χ1) is 11.9. The number of halogens is 1. The molecule has 1 aliphatic rings. The molecule has 0 aliphatic carbocycles. The Morgan fingerprint density at radius 1 is 1.48 bits per heavy atom. The number of sulfonamides is 1. The zero-order valence-corrected chi connectivity index (χ0v) is 15.5. The van der Waals surface area contributed by atoms with E-state index in [1.165, 1.54) is 19.2 Å². The maximum absolute atomic E-state index is 12.8. The summed E-state index contributed by atoms with van der Waals surface area (Å²) in [5.41, 5.74) is 0.851. The monoisotopic (exact) mass is 385 g/mol. The summed E-state index contributed by atoms with van der Waals surface area (Å²) in [4.78, 5) is -0.0107. The van der Waals surface area contributed by atoms with Crippen molar-refractivity contribution in [3.05, 3.63) is 41.2 Å². The molecule has 0 amide bonds. The number of aryl methyl sites for hydroxylation is 1. The molecule has 1 aromatic heterocycles.